The Morgan fingerprint density at radius 1 is 1.00 bits per heavy atom. The fraction of sp³-hybridized carbons (Fsp3) is 0.250. The second-order valence-electron chi connectivity index (χ2n) is 7.59. The quantitative estimate of drug-likeness (QED) is 0.432. The Kier molecular flexibility index (Phi) is 8.02. The molecule has 0 unspecified atom stereocenters. The molecule has 174 valence electrons. The number of hydrogen-bond donors (Lipinski definition) is 2. The highest BCUT2D eigenvalue weighted by atomic mass is 32.2. The van der Waals surface area contributed by atoms with E-state index in [9.17, 15) is 13.2 Å². The average molecular weight is 470 g/mol. The zero-order valence-corrected chi connectivity index (χ0v) is 19.6. The fourth-order valence-corrected chi connectivity index (χ4v) is 3.95. The van der Waals surface area contributed by atoms with Gasteiger partial charge >= 0.3 is 0 Å². The molecule has 33 heavy (non-hydrogen) atoms. The molecule has 0 atom stereocenters. The molecule has 0 aliphatic carbocycles. The number of carbonyl (C=O) groups is 1. The normalized spacial score (nSPS) is 11.3. The molecule has 0 saturated heterocycles. The topological polar surface area (TPSA) is 107 Å². The molecule has 0 aliphatic heterocycles. The Bertz CT molecular complexity index is 1160. The molecule has 1 amide bonds. The first kappa shape index (κ1) is 24.2. The maximum Gasteiger partial charge on any atom is 0.261 e. The molecule has 3 rings (SSSR count). The molecule has 3 aromatic rings. The minimum Gasteiger partial charge on any atom is -0.439 e. The number of pyridine rings is 1. The molecular formula is C24H27N3O5S. The summed E-state index contributed by atoms with van der Waals surface area (Å²) >= 11 is 0. The van der Waals surface area contributed by atoms with Gasteiger partial charge in [-0.15, -0.1) is 0 Å². The molecule has 9 heteroatoms. The highest BCUT2D eigenvalue weighted by molar-refractivity contribution is 7.92. The summed E-state index contributed by atoms with van der Waals surface area (Å²) in [7, 11) is -2.16. The van der Waals surface area contributed by atoms with Crippen LogP contribution in [0, 0.1) is 0 Å². The minimum atomic E-state index is -3.73. The van der Waals surface area contributed by atoms with E-state index in [0.29, 0.717) is 36.1 Å². The number of methoxy groups -OCH3 is 1. The van der Waals surface area contributed by atoms with Gasteiger partial charge in [0.15, 0.2) is 0 Å². The molecule has 2 aromatic carbocycles. The van der Waals surface area contributed by atoms with Crippen molar-refractivity contribution in [3.8, 4) is 11.6 Å². The predicted molar refractivity (Wildman–Crippen MR) is 126 cm³/mol. The monoisotopic (exact) mass is 469 g/mol. The van der Waals surface area contributed by atoms with Crippen molar-refractivity contribution in [2.45, 2.75) is 24.7 Å². The number of aromatic nitrogens is 1. The fourth-order valence-electron chi connectivity index (χ4n) is 2.91. The van der Waals surface area contributed by atoms with Gasteiger partial charge in [0.1, 0.15) is 5.75 Å². The lowest BCUT2D eigenvalue weighted by atomic mass is 10.0. The maximum atomic E-state index is 12.6. The van der Waals surface area contributed by atoms with Crippen LogP contribution in [0.15, 0.2) is 71.8 Å². The van der Waals surface area contributed by atoms with E-state index in [-0.39, 0.29) is 16.7 Å². The number of amides is 1. The Morgan fingerprint density at radius 2 is 1.70 bits per heavy atom. The first-order chi connectivity index (χ1) is 15.8. The Balaban J connectivity index is 1.60. The van der Waals surface area contributed by atoms with Crippen LogP contribution in [-0.2, 0) is 14.8 Å². The summed E-state index contributed by atoms with van der Waals surface area (Å²) in [5.41, 5.74) is 1.88. The second-order valence-corrected chi connectivity index (χ2v) is 9.27. The van der Waals surface area contributed by atoms with E-state index < -0.39 is 10.0 Å². The van der Waals surface area contributed by atoms with Crippen molar-refractivity contribution >= 4 is 21.6 Å². The number of hydrogen-bond acceptors (Lipinski definition) is 6. The van der Waals surface area contributed by atoms with Gasteiger partial charge in [0.05, 0.1) is 23.4 Å². The molecule has 0 saturated carbocycles. The zero-order valence-electron chi connectivity index (χ0n) is 18.7. The molecule has 0 spiro atoms. The number of carbonyl (C=O) groups excluding carboxylic acids is 1. The zero-order chi connectivity index (χ0) is 23.8. The third-order valence-corrected chi connectivity index (χ3v) is 6.17. The number of anilines is 1. The van der Waals surface area contributed by atoms with Crippen LogP contribution in [0.3, 0.4) is 0 Å². The van der Waals surface area contributed by atoms with Gasteiger partial charge in [-0.25, -0.2) is 13.4 Å². The Morgan fingerprint density at radius 3 is 2.27 bits per heavy atom. The summed E-state index contributed by atoms with van der Waals surface area (Å²) in [6.07, 6.45) is 1.38. The van der Waals surface area contributed by atoms with Crippen molar-refractivity contribution in [2.75, 3.05) is 25.0 Å². The lowest BCUT2D eigenvalue weighted by Gasteiger charge is -2.11. The number of benzene rings is 2. The minimum absolute atomic E-state index is 0.179. The summed E-state index contributed by atoms with van der Waals surface area (Å²) in [5.74, 6) is 0.902. The highest BCUT2D eigenvalue weighted by Gasteiger charge is 2.15. The van der Waals surface area contributed by atoms with Crippen molar-refractivity contribution in [1.29, 1.82) is 0 Å². The van der Waals surface area contributed by atoms with E-state index in [1.807, 2.05) is 26.0 Å². The molecule has 0 fully saturated rings. The SMILES string of the molecule is COCCNC(=O)c1ccc(Oc2ccc(NS(=O)(=O)c3ccc(C(C)C)cc3)cn2)cc1. The number of sulfonamides is 1. The van der Waals surface area contributed by atoms with E-state index in [1.54, 1.807) is 55.6 Å². The predicted octanol–water partition coefficient (Wildman–Crippen LogP) is 4.17. The molecular weight excluding hydrogens is 442 g/mol. The van der Waals surface area contributed by atoms with Gasteiger partial charge in [-0.3, -0.25) is 9.52 Å². The standard InChI is InChI=1S/C24H27N3O5S/c1-17(2)18-6-11-22(12-7-18)33(29,30)27-20-8-13-23(26-16-20)32-21-9-4-19(5-10-21)24(28)25-14-15-31-3/h4-13,16-17,27H,14-15H2,1-3H3,(H,25,28). The van der Waals surface area contributed by atoms with Crippen LogP contribution in [0.25, 0.3) is 0 Å². The third kappa shape index (κ3) is 6.77. The molecule has 1 aromatic heterocycles. The first-order valence-corrected chi connectivity index (χ1v) is 11.9. The van der Waals surface area contributed by atoms with E-state index in [0.717, 1.165) is 5.56 Å². The van der Waals surface area contributed by atoms with Gasteiger partial charge in [-0.05, 0) is 53.9 Å². The lowest BCUT2D eigenvalue weighted by Crippen LogP contribution is -2.26. The molecule has 0 bridgehead atoms. The Hall–Kier alpha value is -3.43. The average Bonchev–Trinajstić information content (AvgIpc) is 2.81. The summed E-state index contributed by atoms with van der Waals surface area (Å²) in [4.78, 5) is 16.3. The van der Waals surface area contributed by atoms with Crippen LogP contribution in [-0.4, -0.2) is 39.6 Å². The van der Waals surface area contributed by atoms with Gasteiger partial charge in [0.25, 0.3) is 15.9 Å². The molecule has 2 N–H and O–H groups in total. The third-order valence-electron chi connectivity index (χ3n) is 4.78. The van der Waals surface area contributed by atoms with E-state index in [2.05, 4.69) is 15.0 Å². The summed E-state index contributed by atoms with van der Waals surface area (Å²) in [5, 5.41) is 2.74. The van der Waals surface area contributed by atoms with E-state index in [4.69, 9.17) is 9.47 Å². The number of nitrogens with zero attached hydrogens (tertiary/aromatic N) is 1. The van der Waals surface area contributed by atoms with E-state index in [1.165, 1.54) is 6.20 Å². The van der Waals surface area contributed by atoms with Gasteiger partial charge in [-0.2, -0.15) is 0 Å². The van der Waals surface area contributed by atoms with Crippen molar-refractivity contribution < 1.29 is 22.7 Å². The molecule has 0 radical (unpaired) electrons. The van der Waals surface area contributed by atoms with Crippen molar-refractivity contribution in [3.05, 3.63) is 78.0 Å². The van der Waals surface area contributed by atoms with Gasteiger partial charge < -0.3 is 14.8 Å². The molecule has 0 aliphatic rings. The van der Waals surface area contributed by atoms with Crippen molar-refractivity contribution in [2.24, 2.45) is 0 Å². The van der Waals surface area contributed by atoms with Crippen LogP contribution in [0.2, 0.25) is 0 Å². The summed E-state index contributed by atoms with van der Waals surface area (Å²) in [6.45, 7) is 4.96. The summed E-state index contributed by atoms with van der Waals surface area (Å²) < 4.78 is 38.3. The van der Waals surface area contributed by atoms with Crippen molar-refractivity contribution in [3.63, 3.8) is 0 Å². The van der Waals surface area contributed by atoms with Gasteiger partial charge in [-0.1, -0.05) is 26.0 Å². The largest absolute Gasteiger partial charge is 0.439 e. The highest BCUT2D eigenvalue weighted by Crippen LogP contribution is 2.23. The second kappa shape index (κ2) is 10.9. The number of rotatable bonds is 10. The van der Waals surface area contributed by atoms with Crippen molar-refractivity contribution in [1.82, 2.24) is 10.3 Å². The lowest BCUT2D eigenvalue weighted by molar-refractivity contribution is 0.0937. The van der Waals surface area contributed by atoms with E-state index >= 15 is 0 Å². The van der Waals surface area contributed by atoms with Crippen LogP contribution >= 0.6 is 0 Å². The molecule has 8 nitrogen and oxygen atoms in total. The van der Waals surface area contributed by atoms with Crippen LogP contribution in [0.1, 0.15) is 35.7 Å². The Labute approximate surface area is 194 Å². The number of ether oxygens (including phenoxy) is 2. The first-order valence-electron chi connectivity index (χ1n) is 10.4. The van der Waals surface area contributed by atoms with Crippen LogP contribution in [0.5, 0.6) is 11.6 Å². The number of nitrogens with one attached hydrogen (secondary N) is 2. The van der Waals surface area contributed by atoms with Crippen LogP contribution < -0.4 is 14.8 Å². The maximum absolute atomic E-state index is 12.6. The molecule has 1 heterocycles. The smallest absolute Gasteiger partial charge is 0.261 e. The van der Waals surface area contributed by atoms with Gasteiger partial charge in [0.2, 0.25) is 5.88 Å². The summed E-state index contributed by atoms with van der Waals surface area (Å²) in [6, 6.07) is 16.5. The van der Waals surface area contributed by atoms with Crippen LogP contribution in [0.4, 0.5) is 5.69 Å². The van der Waals surface area contributed by atoms with Gasteiger partial charge in [0, 0.05) is 25.3 Å².